The van der Waals surface area contributed by atoms with Gasteiger partial charge in [-0.3, -0.25) is 14.0 Å². The Hall–Kier alpha value is -3.20. The molecule has 184 valence electrons. The topological polar surface area (TPSA) is 99.8 Å². The number of rotatable bonds is 6. The molecule has 4 atom stereocenters. The number of nitrogens with zero attached hydrogens (tertiary/aromatic N) is 4. The summed E-state index contributed by atoms with van der Waals surface area (Å²) in [6.45, 7) is 8.68. The minimum absolute atomic E-state index is 0.0823. The molecule has 2 aliphatic carbocycles. The van der Waals surface area contributed by atoms with Crippen LogP contribution in [0.5, 0.6) is 5.88 Å². The van der Waals surface area contributed by atoms with Crippen molar-refractivity contribution in [3.05, 3.63) is 52.3 Å². The van der Waals surface area contributed by atoms with Gasteiger partial charge in [0.2, 0.25) is 11.7 Å². The molecule has 0 unspecified atom stereocenters. The van der Waals surface area contributed by atoms with Crippen LogP contribution in [0.25, 0.3) is 5.78 Å². The van der Waals surface area contributed by atoms with Crippen molar-refractivity contribution < 1.29 is 14.3 Å². The van der Waals surface area contributed by atoms with Crippen molar-refractivity contribution in [2.45, 2.75) is 76.5 Å². The minimum Gasteiger partial charge on any atom is -0.474 e. The van der Waals surface area contributed by atoms with Crippen LogP contribution in [-0.4, -0.2) is 43.2 Å². The molecule has 0 aromatic carbocycles. The molecule has 2 bridgehead atoms. The van der Waals surface area contributed by atoms with Crippen molar-refractivity contribution in [2.24, 2.45) is 5.92 Å². The van der Waals surface area contributed by atoms with Gasteiger partial charge in [0.1, 0.15) is 11.3 Å². The number of hydrogen-bond acceptors (Lipinski definition) is 6. The van der Waals surface area contributed by atoms with Crippen LogP contribution in [0.4, 0.5) is 5.69 Å². The lowest BCUT2D eigenvalue weighted by Crippen LogP contribution is -2.26. The Labute approximate surface area is 203 Å². The highest BCUT2D eigenvalue weighted by molar-refractivity contribution is 6.05. The van der Waals surface area contributed by atoms with Crippen LogP contribution < -0.4 is 15.6 Å². The summed E-state index contributed by atoms with van der Waals surface area (Å²) in [5.74, 6) is 0.700. The van der Waals surface area contributed by atoms with Crippen molar-refractivity contribution >= 4 is 17.4 Å². The molecule has 3 aromatic heterocycles. The van der Waals surface area contributed by atoms with Crippen LogP contribution >= 0.6 is 0 Å². The molecule has 0 radical (unpaired) electrons. The van der Waals surface area contributed by atoms with Gasteiger partial charge in [-0.25, -0.2) is 4.98 Å². The van der Waals surface area contributed by atoms with Gasteiger partial charge in [0.25, 0.3) is 11.5 Å². The summed E-state index contributed by atoms with van der Waals surface area (Å²) in [5, 5.41) is 2.79. The quantitative estimate of drug-likeness (QED) is 0.581. The number of anilines is 1. The van der Waals surface area contributed by atoms with Crippen molar-refractivity contribution in [1.82, 2.24) is 18.9 Å². The first-order valence-electron chi connectivity index (χ1n) is 12.4. The van der Waals surface area contributed by atoms with Crippen LogP contribution in [0.1, 0.15) is 75.5 Å². The van der Waals surface area contributed by atoms with E-state index in [0.717, 1.165) is 31.4 Å². The molecule has 6 rings (SSSR count). The van der Waals surface area contributed by atoms with E-state index >= 15 is 0 Å². The van der Waals surface area contributed by atoms with Gasteiger partial charge >= 0.3 is 0 Å². The van der Waals surface area contributed by atoms with E-state index in [-0.39, 0.29) is 45.9 Å². The summed E-state index contributed by atoms with van der Waals surface area (Å²) < 4.78 is 15.4. The number of carbonyl (C=O) groups is 1. The molecule has 1 aliphatic heterocycles. The van der Waals surface area contributed by atoms with E-state index in [1.54, 1.807) is 33.5 Å². The maximum Gasteiger partial charge on any atom is 0.274 e. The Morgan fingerprint density at radius 1 is 1.29 bits per heavy atom. The van der Waals surface area contributed by atoms with Crippen molar-refractivity contribution in [3.8, 4) is 5.88 Å². The normalized spacial score (nSPS) is 29.2. The minimum atomic E-state index is -0.445. The van der Waals surface area contributed by atoms with Crippen LogP contribution in [0.3, 0.4) is 0 Å². The SMILES string of the molecule is CC(C)Oc1nc2nc([C@@]34CC[C@@](C)(C3)OC4)cn2cc1C(=O)Nc1cccn([C@@H]2C[C@H]2C)c1=O. The standard InChI is InChI=1S/C26H31N5O4/c1-15(2)35-22-17(21(32)27-18-6-5-9-31(23(18)33)19-10-16(19)3)11-30-12-20(28-24(30)29-22)26-8-7-25(4,13-26)34-14-26/h5-6,9,11-12,15-16,19H,7-8,10,13-14H2,1-4H3,(H,27,32)/t16-,19-,25+,26+/m1/s1. The number of hydrogen-bond donors (Lipinski definition) is 1. The lowest BCUT2D eigenvalue weighted by atomic mass is 9.84. The molecule has 4 heterocycles. The largest absolute Gasteiger partial charge is 0.474 e. The zero-order chi connectivity index (χ0) is 24.5. The fourth-order valence-corrected chi connectivity index (χ4v) is 5.62. The van der Waals surface area contributed by atoms with Gasteiger partial charge in [-0.05, 0) is 64.5 Å². The maximum absolute atomic E-state index is 13.4. The predicted octanol–water partition coefficient (Wildman–Crippen LogP) is 3.72. The first-order chi connectivity index (χ1) is 16.7. The molecule has 1 amide bonds. The number of amides is 1. The third-order valence-electron chi connectivity index (χ3n) is 7.74. The number of pyridine rings is 1. The van der Waals surface area contributed by atoms with Crippen LogP contribution in [0, 0.1) is 5.92 Å². The average molecular weight is 478 g/mol. The Morgan fingerprint density at radius 2 is 2.09 bits per heavy atom. The number of nitrogens with one attached hydrogen (secondary N) is 1. The fraction of sp³-hybridized carbons (Fsp3) is 0.538. The number of fused-ring (bicyclic) bond motifs is 3. The maximum atomic E-state index is 13.4. The lowest BCUT2D eigenvalue weighted by Gasteiger charge is -2.24. The summed E-state index contributed by atoms with van der Waals surface area (Å²) >= 11 is 0. The second-order valence-electron chi connectivity index (χ2n) is 11.0. The summed E-state index contributed by atoms with van der Waals surface area (Å²) in [6.07, 6.45) is 9.17. The van der Waals surface area contributed by atoms with Crippen molar-refractivity contribution in [3.63, 3.8) is 0 Å². The predicted molar refractivity (Wildman–Crippen MR) is 130 cm³/mol. The monoisotopic (exact) mass is 477 g/mol. The molecular formula is C26H31N5O4. The highest BCUT2D eigenvalue weighted by Gasteiger charge is 2.55. The fourth-order valence-electron chi connectivity index (χ4n) is 5.62. The molecule has 9 heteroatoms. The van der Waals surface area contributed by atoms with Gasteiger partial charge in [-0.15, -0.1) is 0 Å². The van der Waals surface area contributed by atoms with Gasteiger partial charge in [0.15, 0.2) is 0 Å². The van der Waals surface area contributed by atoms with Gasteiger partial charge in [-0.2, -0.15) is 4.98 Å². The molecule has 1 saturated heterocycles. The highest BCUT2D eigenvalue weighted by atomic mass is 16.5. The molecule has 3 aliphatic rings. The summed E-state index contributed by atoms with van der Waals surface area (Å²) in [4.78, 5) is 35.7. The Bertz CT molecular complexity index is 1380. The van der Waals surface area contributed by atoms with E-state index in [1.807, 2.05) is 20.0 Å². The smallest absolute Gasteiger partial charge is 0.274 e. The Kier molecular flexibility index (Phi) is 4.87. The number of carbonyl (C=O) groups excluding carboxylic acids is 1. The lowest BCUT2D eigenvalue weighted by molar-refractivity contribution is -0.00627. The zero-order valence-electron chi connectivity index (χ0n) is 20.6. The first kappa shape index (κ1) is 22.3. The number of ether oxygens (including phenoxy) is 2. The molecule has 3 aromatic rings. The number of imidazole rings is 1. The molecule has 9 nitrogen and oxygen atoms in total. The Balaban J connectivity index is 1.35. The highest BCUT2D eigenvalue weighted by Crippen LogP contribution is 2.53. The second kappa shape index (κ2) is 7.65. The molecule has 1 N–H and O–H groups in total. The van der Waals surface area contributed by atoms with Crippen molar-refractivity contribution in [1.29, 1.82) is 0 Å². The summed E-state index contributed by atoms with van der Waals surface area (Å²) in [7, 11) is 0. The third kappa shape index (κ3) is 3.73. The van der Waals surface area contributed by atoms with Gasteiger partial charge in [0, 0.05) is 30.0 Å². The average Bonchev–Trinajstić information content (AvgIpc) is 3.12. The van der Waals surface area contributed by atoms with Gasteiger partial charge < -0.3 is 19.4 Å². The molecule has 3 fully saturated rings. The van der Waals surface area contributed by atoms with Crippen molar-refractivity contribution in [2.75, 3.05) is 11.9 Å². The van der Waals surface area contributed by atoms with E-state index in [9.17, 15) is 9.59 Å². The van der Waals surface area contributed by atoms with Crippen LogP contribution in [0.15, 0.2) is 35.5 Å². The van der Waals surface area contributed by atoms with E-state index in [0.29, 0.717) is 18.3 Å². The van der Waals surface area contributed by atoms with Gasteiger partial charge in [0.05, 0.1) is 24.0 Å². The van der Waals surface area contributed by atoms with E-state index in [4.69, 9.17) is 14.5 Å². The molecule has 2 saturated carbocycles. The Morgan fingerprint density at radius 3 is 2.71 bits per heavy atom. The van der Waals surface area contributed by atoms with E-state index in [1.165, 1.54) is 0 Å². The van der Waals surface area contributed by atoms with Crippen LogP contribution in [-0.2, 0) is 10.2 Å². The van der Waals surface area contributed by atoms with Crippen LogP contribution in [0.2, 0.25) is 0 Å². The summed E-state index contributed by atoms with van der Waals surface area (Å²) in [5.41, 5.74) is 1.03. The zero-order valence-corrected chi connectivity index (χ0v) is 20.6. The number of aromatic nitrogens is 4. The first-order valence-corrected chi connectivity index (χ1v) is 12.4. The molecule has 35 heavy (non-hydrogen) atoms. The molecular weight excluding hydrogens is 446 g/mol. The van der Waals surface area contributed by atoms with Gasteiger partial charge in [-0.1, -0.05) is 6.92 Å². The third-order valence-corrected chi connectivity index (χ3v) is 7.74. The van der Waals surface area contributed by atoms with E-state index < -0.39 is 5.91 Å². The molecule has 0 spiro atoms. The van der Waals surface area contributed by atoms with E-state index in [2.05, 4.69) is 24.1 Å². The summed E-state index contributed by atoms with van der Waals surface area (Å²) in [6, 6.07) is 3.61. The second-order valence-corrected chi connectivity index (χ2v) is 11.0.